The van der Waals surface area contributed by atoms with Crippen LogP contribution < -0.4 is 5.32 Å². The number of rotatable bonds is 6. The Morgan fingerprint density at radius 3 is 2.50 bits per heavy atom. The first kappa shape index (κ1) is 16.8. The number of amides is 2. The molecule has 2 aliphatic rings. The van der Waals surface area contributed by atoms with Crippen molar-refractivity contribution in [2.45, 2.75) is 70.4 Å². The van der Waals surface area contributed by atoms with Crippen LogP contribution in [0.2, 0.25) is 0 Å². The van der Waals surface area contributed by atoms with Crippen LogP contribution in [-0.2, 0) is 14.4 Å². The van der Waals surface area contributed by atoms with E-state index in [0.29, 0.717) is 6.54 Å². The monoisotopic (exact) mass is 310 g/mol. The average molecular weight is 310 g/mol. The average Bonchev–Trinajstić information content (AvgIpc) is 3.07. The van der Waals surface area contributed by atoms with E-state index in [2.05, 4.69) is 5.32 Å². The highest BCUT2D eigenvalue weighted by Gasteiger charge is 2.31. The predicted octanol–water partition coefficient (Wildman–Crippen LogP) is 1.54. The molecule has 2 N–H and O–H groups in total. The number of aliphatic carboxylic acids is 1. The molecule has 0 aromatic carbocycles. The highest BCUT2D eigenvalue weighted by molar-refractivity contribution is 5.82. The van der Waals surface area contributed by atoms with Crippen molar-refractivity contribution in [1.82, 2.24) is 10.2 Å². The number of carboxylic acid groups (broad SMARTS) is 1. The van der Waals surface area contributed by atoms with Crippen molar-refractivity contribution < 1.29 is 19.5 Å². The van der Waals surface area contributed by atoms with E-state index in [4.69, 9.17) is 5.11 Å². The predicted molar refractivity (Wildman–Crippen MR) is 81.2 cm³/mol. The Hall–Kier alpha value is -1.59. The third-order valence-electron chi connectivity index (χ3n) is 4.70. The SMILES string of the molecule is CC(CC(=O)N1CCCC1CC(=O)O)NC(=O)C1CCCC1. The molecule has 2 unspecified atom stereocenters. The molecular formula is C16H26N2O4. The van der Waals surface area contributed by atoms with E-state index >= 15 is 0 Å². The number of nitrogens with one attached hydrogen (secondary N) is 1. The van der Waals surface area contributed by atoms with Crippen LogP contribution in [0.3, 0.4) is 0 Å². The molecule has 0 radical (unpaired) electrons. The standard InChI is InChI=1S/C16H26N2O4/c1-11(17-16(22)12-5-2-3-6-12)9-14(19)18-8-4-7-13(18)10-15(20)21/h11-13H,2-10H2,1H3,(H,17,22)(H,20,21). The summed E-state index contributed by atoms with van der Waals surface area (Å²) in [6, 6.07) is -0.394. The highest BCUT2D eigenvalue weighted by Crippen LogP contribution is 2.25. The van der Waals surface area contributed by atoms with Crippen LogP contribution in [-0.4, -0.2) is 46.4 Å². The maximum absolute atomic E-state index is 12.3. The summed E-state index contributed by atoms with van der Waals surface area (Å²) in [5.74, 6) is -0.763. The quantitative estimate of drug-likeness (QED) is 0.779. The molecule has 1 aliphatic heterocycles. The van der Waals surface area contributed by atoms with Crippen molar-refractivity contribution in [3.63, 3.8) is 0 Å². The van der Waals surface area contributed by atoms with Crippen LogP contribution >= 0.6 is 0 Å². The zero-order chi connectivity index (χ0) is 16.1. The Kier molecular flexibility index (Phi) is 5.80. The summed E-state index contributed by atoms with van der Waals surface area (Å²) in [7, 11) is 0. The van der Waals surface area contributed by atoms with Gasteiger partial charge in [-0.15, -0.1) is 0 Å². The smallest absolute Gasteiger partial charge is 0.305 e. The molecule has 1 aliphatic carbocycles. The molecular weight excluding hydrogens is 284 g/mol. The number of nitrogens with zero attached hydrogens (tertiary/aromatic N) is 1. The Bertz CT molecular complexity index is 432. The second kappa shape index (κ2) is 7.61. The largest absolute Gasteiger partial charge is 0.481 e. The summed E-state index contributed by atoms with van der Waals surface area (Å²) >= 11 is 0. The summed E-state index contributed by atoms with van der Waals surface area (Å²) in [4.78, 5) is 36.9. The third kappa shape index (κ3) is 4.45. The van der Waals surface area contributed by atoms with Gasteiger partial charge in [-0.2, -0.15) is 0 Å². The number of carbonyl (C=O) groups excluding carboxylic acids is 2. The number of hydrogen-bond acceptors (Lipinski definition) is 3. The van der Waals surface area contributed by atoms with Crippen molar-refractivity contribution in [3.8, 4) is 0 Å². The Morgan fingerprint density at radius 2 is 1.86 bits per heavy atom. The maximum Gasteiger partial charge on any atom is 0.305 e. The van der Waals surface area contributed by atoms with Gasteiger partial charge in [-0.25, -0.2) is 0 Å². The third-order valence-corrected chi connectivity index (χ3v) is 4.70. The lowest BCUT2D eigenvalue weighted by Crippen LogP contribution is -2.43. The molecule has 6 heteroatoms. The molecule has 2 fully saturated rings. The van der Waals surface area contributed by atoms with Gasteiger partial charge in [0.05, 0.1) is 6.42 Å². The van der Waals surface area contributed by atoms with Crippen LogP contribution in [0.1, 0.15) is 58.3 Å². The van der Waals surface area contributed by atoms with E-state index < -0.39 is 5.97 Å². The van der Waals surface area contributed by atoms with Crippen molar-refractivity contribution in [2.24, 2.45) is 5.92 Å². The summed E-state index contributed by atoms with van der Waals surface area (Å²) in [5, 5.41) is 11.8. The first-order valence-corrected chi connectivity index (χ1v) is 8.29. The van der Waals surface area contributed by atoms with Crippen molar-refractivity contribution >= 4 is 17.8 Å². The van der Waals surface area contributed by atoms with Crippen LogP contribution in [0.4, 0.5) is 0 Å². The molecule has 2 rings (SSSR count). The number of carbonyl (C=O) groups is 3. The zero-order valence-electron chi connectivity index (χ0n) is 13.2. The molecule has 22 heavy (non-hydrogen) atoms. The lowest BCUT2D eigenvalue weighted by molar-refractivity contribution is -0.140. The van der Waals surface area contributed by atoms with Gasteiger partial charge in [-0.1, -0.05) is 12.8 Å². The van der Waals surface area contributed by atoms with Gasteiger partial charge in [-0.05, 0) is 32.6 Å². The molecule has 1 saturated heterocycles. The van der Waals surface area contributed by atoms with E-state index in [1.807, 2.05) is 6.92 Å². The van der Waals surface area contributed by atoms with E-state index in [-0.39, 0.29) is 42.7 Å². The van der Waals surface area contributed by atoms with Crippen LogP contribution in [0.15, 0.2) is 0 Å². The fourth-order valence-electron chi connectivity index (χ4n) is 3.56. The van der Waals surface area contributed by atoms with Gasteiger partial charge in [0, 0.05) is 31.0 Å². The van der Waals surface area contributed by atoms with Crippen molar-refractivity contribution in [1.29, 1.82) is 0 Å². The molecule has 0 spiro atoms. The van der Waals surface area contributed by atoms with Gasteiger partial charge in [0.15, 0.2) is 0 Å². The lowest BCUT2D eigenvalue weighted by Gasteiger charge is -2.25. The zero-order valence-corrected chi connectivity index (χ0v) is 13.2. The van der Waals surface area contributed by atoms with E-state index in [1.165, 1.54) is 0 Å². The molecule has 1 heterocycles. The van der Waals surface area contributed by atoms with E-state index in [1.54, 1.807) is 4.90 Å². The van der Waals surface area contributed by atoms with Crippen LogP contribution in [0, 0.1) is 5.92 Å². The van der Waals surface area contributed by atoms with Crippen molar-refractivity contribution in [3.05, 3.63) is 0 Å². The van der Waals surface area contributed by atoms with E-state index in [9.17, 15) is 14.4 Å². The van der Waals surface area contributed by atoms with Gasteiger partial charge in [0.25, 0.3) is 0 Å². The molecule has 0 bridgehead atoms. The fraction of sp³-hybridized carbons (Fsp3) is 0.812. The first-order valence-electron chi connectivity index (χ1n) is 8.29. The minimum Gasteiger partial charge on any atom is -0.481 e. The summed E-state index contributed by atoms with van der Waals surface area (Å²) in [6.45, 7) is 2.47. The Labute approximate surface area is 131 Å². The Balaban J connectivity index is 1.80. The number of carboxylic acids is 1. The lowest BCUT2D eigenvalue weighted by atomic mass is 10.1. The normalized spacial score (nSPS) is 23.5. The maximum atomic E-state index is 12.3. The van der Waals surface area contributed by atoms with Gasteiger partial charge < -0.3 is 15.3 Å². The number of hydrogen-bond donors (Lipinski definition) is 2. The van der Waals surface area contributed by atoms with Gasteiger partial charge in [0.2, 0.25) is 11.8 Å². The van der Waals surface area contributed by atoms with Gasteiger partial charge in [0.1, 0.15) is 0 Å². The molecule has 2 amide bonds. The van der Waals surface area contributed by atoms with E-state index in [0.717, 1.165) is 38.5 Å². The van der Waals surface area contributed by atoms with Crippen molar-refractivity contribution in [2.75, 3.05) is 6.54 Å². The molecule has 0 aromatic rings. The topological polar surface area (TPSA) is 86.7 Å². The van der Waals surface area contributed by atoms with Gasteiger partial charge >= 0.3 is 5.97 Å². The van der Waals surface area contributed by atoms with Gasteiger partial charge in [-0.3, -0.25) is 14.4 Å². The molecule has 124 valence electrons. The van der Waals surface area contributed by atoms with Crippen LogP contribution in [0.25, 0.3) is 0 Å². The first-order chi connectivity index (χ1) is 10.5. The molecule has 2 atom stereocenters. The molecule has 6 nitrogen and oxygen atoms in total. The fourth-order valence-corrected chi connectivity index (χ4v) is 3.56. The van der Waals surface area contributed by atoms with Crippen LogP contribution in [0.5, 0.6) is 0 Å². The summed E-state index contributed by atoms with van der Waals surface area (Å²) in [6.07, 6.45) is 5.96. The molecule has 1 saturated carbocycles. The summed E-state index contributed by atoms with van der Waals surface area (Å²) < 4.78 is 0. The minimum absolute atomic E-state index is 0.00849. The molecule has 0 aromatic heterocycles. The second-order valence-corrected chi connectivity index (χ2v) is 6.58. The minimum atomic E-state index is -0.868. The second-order valence-electron chi connectivity index (χ2n) is 6.58. The highest BCUT2D eigenvalue weighted by atomic mass is 16.4. The Morgan fingerprint density at radius 1 is 1.18 bits per heavy atom. The summed E-state index contributed by atoms with van der Waals surface area (Å²) in [5.41, 5.74) is 0. The number of likely N-dealkylation sites (tertiary alicyclic amines) is 1.